The third-order valence-corrected chi connectivity index (χ3v) is 6.82. The van der Waals surface area contributed by atoms with Gasteiger partial charge in [0.05, 0.1) is 18.8 Å². The van der Waals surface area contributed by atoms with E-state index in [1.807, 2.05) is 0 Å². The molecule has 2 rings (SSSR count). The zero-order valence-electron chi connectivity index (χ0n) is 15.9. The monoisotopic (exact) mass is 328 g/mol. The first kappa shape index (κ1) is 19.2. The molecule has 10 unspecified atom stereocenters. The number of aliphatic hydroxyl groups excluding tert-OH is 1. The maximum absolute atomic E-state index is 9.59. The van der Waals surface area contributed by atoms with Crippen LogP contribution in [0, 0.1) is 35.5 Å². The van der Waals surface area contributed by atoms with E-state index >= 15 is 0 Å². The van der Waals surface area contributed by atoms with E-state index in [1.165, 1.54) is 0 Å². The average molecular weight is 328 g/mol. The third-order valence-electron chi connectivity index (χ3n) is 6.82. The summed E-state index contributed by atoms with van der Waals surface area (Å²) in [5, 5.41) is 9.59. The van der Waals surface area contributed by atoms with Gasteiger partial charge in [0, 0.05) is 11.8 Å². The second-order valence-electron chi connectivity index (χ2n) is 7.97. The van der Waals surface area contributed by atoms with Gasteiger partial charge >= 0.3 is 0 Å². The molecule has 0 bridgehead atoms. The smallest absolute Gasteiger partial charge is 0.164 e. The summed E-state index contributed by atoms with van der Waals surface area (Å²) in [6.45, 7) is 15.5. The quantitative estimate of drug-likeness (QED) is 0.855. The number of hydrogen-bond acceptors (Lipinski definition) is 4. The van der Waals surface area contributed by atoms with Gasteiger partial charge in [-0.2, -0.15) is 0 Å². The molecule has 0 radical (unpaired) electrons. The zero-order chi connectivity index (χ0) is 17.3. The van der Waals surface area contributed by atoms with Crippen LogP contribution >= 0.6 is 0 Å². The van der Waals surface area contributed by atoms with E-state index in [4.69, 9.17) is 14.2 Å². The largest absolute Gasteiger partial charge is 0.394 e. The van der Waals surface area contributed by atoms with E-state index in [0.717, 1.165) is 6.42 Å². The molecule has 10 atom stereocenters. The normalized spacial score (nSPS) is 51.7. The molecule has 2 aliphatic heterocycles. The summed E-state index contributed by atoms with van der Waals surface area (Å²) in [7, 11) is 0. The van der Waals surface area contributed by atoms with Gasteiger partial charge in [0.1, 0.15) is 0 Å². The van der Waals surface area contributed by atoms with E-state index < -0.39 is 0 Å². The molecule has 136 valence electrons. The van der Waals surface area contributed by atoms with E-state index in [2.05, 4.69) is 48.5 Å². The molecule has 4 heteroatoms. The molecule has 4 nitrogen and oxygen atoms in total. The Hall–Kier alpha value is -0.160. The predicted octanol–water partition coefficient (Wildman–Crippen LogP) is 3.67. The second-order valence-corrected chi connectivity index (χ2v) is 7.97. The van der Waals surface area contributed by atoms with Gasteiger partial charge in [0.2, 0.25) is 0 Å². The first-order valence-electron chi connectivity index (χ1n) is 9.38. The molecule has 2 heterocycles. The van der Waals surface area contributed by atoms with Crippen LogP contribution in [0.2, 0.25) is 0 Å². The fourth-order valence-electron chi connectivity index (χ4n) is 4.09. The molecular weight excluding hydrogens is 292 g/mol. The minimum absolute atomic E-state index is 0.0458. The minimum Gasteiger partial charge on any atom is -0.394 e. The Balaban J connectivity index is 2.07. The van der Waals surface area contributed by atoms with E-state index in [9.17, 15) is 5.11 Å². The van der Waals surface area contributed by atoms with Crippen molar-refractivity contribution in [2.45, 2.75) is 79.7 Å². The van der Waals surface area contributed by atoms with Crippen LogP contribution in [-0.2, 0) is 14.2 Å². The molecule has 0 aromatic rings. The molecule has 0 aliphatic carbocycles. The van der Waals surface area contributed by atoms with Gasteiger partial charge in [-0.1, -0.05) is 48.5 Å². The molecule has 2 aliphatic rings. The van der Waals surface area contributed by atoms with Gasteiger partial charge in [-0.25, -0.2) is 0 Å². The van der Waals surface area contributed by atoms with Crippen LogP contribution in [0.5, 0.6) is 0 Å². The standard InChI is InChI=1S/C19H36O4/c1-8-16-12(4)10(2)14(6)18(21-16)23-19-15(7)11(3)13(5)17(9-20)22-19/h10-20H,8-9H2,1-7H3. The van der Waals surface area contributed by atoms with E-state index in [-0.39, 0.29) is 31.4 Å². The highest BCUT2D eigenvalue weighted by Gasteiger charge is 2.44. The van der Waals surface area contributed by atoms with Crippen molar-refractivity contribution in [1.82, 2.24) is 0 Å². The molecule has 0 saturated carbocycles. The van der Waals surface area contributed by atoms with Gasteiger partial charge in [-0.05, 0) is 30.1 Å². The van der Waals surface area contributed by atoms with Crippen molar-refractivity contribution in [2.24, 2.45) is 35.5 Å². The highest BCUT2D eigenvalue weighted by atomic mass is 16.8. The highest BCUT2D eigenvalue weighted by molar-refractivity contribution is 4.85. The molecule has 23 heavy (non-hydrogen) atoms. The lowest BCUT2D eigenvalue weighted by Gasteiger charge is -2.48. The third kappa shape index (κ3) is 3.76. The maximum atomic E-state index is 9.59. The van der Waals surface area contributed by atoms with E-state index in [0.29, 0.717) is 35.5 Å². The lowest BCUT2D eigenvalue weighted by Crippen LogP contribution is -2.52. The van der Waals surface area contributed by atoms with Crippen molar-refractivity contribution in [1.29, 1.82) is 0 Å². The van der Waals surface area contributed by atoms with Crippen molar-refractivity contribution in [3.63, 3.8) is 0 Å². The summed E-state index contributed by atoms with van der Waals surface area (Å²) in [5.41, 5.74) is 0. The molecule has 0 spiro atoms. The van der Waals surface area contributed by atoms with Gasteiger partial charge in [-0.15, -0.1) is 0 Å². The summed E-state index contributed by atoms with van der Waals surface area (Å²) in [6.07, 6.45) is 0.576. The molecule has 0 aromatic carbocycles. The number of ether oxygens (including phenoxy) is 3. The Kier molecular flexibility index (Phi) is 6.51. The predicted molar refractivity (Wildman–Crippen MR) is 90.8 cm³/mol. The number of hydrogen-bond donors (Lipinski definition) is 1. The van der Waals surface area contributed by atoms with Crippen molar-refractivity contribution in [2.75, 3.05) is 6.61 Å². The maximum Gasteiger partial charge on any atom is 0.164 e. The Morgan fingerprint density at radius 3 is 1.57 bits per heavy atom. The molecule has 2 saturated heterocycles. The highest BCUT2D eigenvalue weighted by Crippen LogP contribution is 2.40. The molecule has 1 N–H and O–H groups in total. The van der Waals surface area contributed by atoms with Crippen LogP contribution in [0.1, 0.15) is 54.9 Å². The Morgan fingerprint density at radius 2 is 1.13 bits per heavy atom. The van der Waals surface area contributed by atoms with Gasteiger partial charge < -0.3 is 19.3 Å². The van der Waals surface area contributed by atoms with Crippen molar-refractivity contribution in [3.05, 3.63) is 0 Å². The summed E-state index contributed by atoms with van der Waals surface area (Å²) >= 11 is 0. The fraction of sp³-hybridized carbons (Fsp3) is 1.00. The zero-order valence-corrected chi connectivity index (χ0v) is 15.9. The molecule has 0 aromatic heterocycles. The number of rotatable bonds is 4. The summed E-state index contributed by atoms with van der Waals surface area (Å²) in [6, 6.07) is 0. The van der Waals surface area contributed by atoms with Crippen LogP contribution in [0.4, 0.5) is 0 Å². The van der Waals surface area contributed by atoms with Crippen molar-refractivity contribution in [3.8, 4) is 0 Å². The first-order chi connectivity index (χ1) is 10.8. The van der Waals surface area contributed by atoms with Crippen LogP contribution in [0.15, 0.2) is 0 Å². The number of aliphatic hydroxyl groups is 1. The van der Waals surface area contributed by atoms with Crippen LogP contribution in [0.3, 0.4) is 0 Å². The fourth-order valence-corrected chi connectivity index (χ4v) is 4.09. The van der Waals surface area contributed by atoms with Crippen LogP contribution in [0.25, 0.3) is 0 Å². The second kappa shape index (κ2) is 7.81. The molecular formula is C19H36O4. The van der Waals surface area contributed by atoms with Crippen molar-refractivity contribution >= 4 is 0 Å². The summed E-state index contributed by atoms with van der Waals surface area (Å²) in [4.78, 5) is 0. The SMILES string of the molecule is CCC1OC(OC2OC(CO)C(C)C(C)C2C)C(C)C(C)C1C. The van der Waals surface area contributed by atoms with Crippen LogP contribution < -0.4 is 0 Å². The van der Waals surface area contributed by atoms with Crippen molar-refractivity contribution < 1.29 is 19.3 Å². The first-order valence-corrected chi connectivity index (χ1v) is 9.38. The summed E-state index contributed by atoms with van der Waals surface area (Å²) < 4.78 is 18.6. The van der Waals surface area contributed by atoms with Crippen LogP contribution in [-0.4, -0.2) is 36.5 Å². The van der Waals surface area contributed by atoms with Gasteiger partial charge in [0.25, 0.3) is 0 Å². The Labute approximate surface area is 141 Å². The minimum atomic E-state index is -0.302. The van der Waals surface area contributed by atoms with Gasteiger partial charge in [-0.3, -0.25) is 0 Å². The Bertz CT molecular complexity index is 336. The van der Waals surface area contributed by atoms with Gasteiger partial charge in [0.15, 0.2) is 12.6 Å². The lowest BCUT2D eigenvalue weighted by molar-refractivity contribution is -0.342. The Morgan fingerprint density at radius 1 is 0.696 bits per heavy atom. The topological polar surface area (TPSA) is 47.9 Å². The average Bonchev–Trinajstić information content (AvgIpc) is 2.55. The molecule has 2 fully saturated rings. The molecule has 0 amide bonds. The summed E-state index contributed by atoms with van der Waals surface area (Å²) in [5.74, 6) is 2.51. The van der Waals surface area contributed by atoms with E-state index in [1.54, 1.807) is 0 Å². The lowest BCUT2D eigenvalue weighted by atomic mass is 9.77.